The molecule has 1 fully saturated rings. The fourth-order valence-electron chi connectivity index (χ4n) is 3.57. The maximum atomic E-state index is 13.3. The number of hydrogen-bond acceptors (Lipinski definition) is 3. The number of halogens is 4. The summed E-state index contributed by atoms with van der Waals surface area (Å²) in [6.07, 6.45) is -4.63. The third-order valence-corrected chi connectivity index (χ3v) is 5.10. The molecule has 8 heteroatoms. The van der Waals surface area contributed by atoms with E-state index in [2.05, 4.69) is 0 Å². The summed E-state index contributed by atoms with van der Waals surface area (Å²) in [5.41, 5.74) is -0.685. The zero-order valence-corrected chi connectivity index (χ0v) is 15.9. The summed E-state index contributed by atoms with van der Waals surface area (Å²) < 4.78 is 53.0. The van der Waals surface area contributed by atoms with Gasteiger partial charge < -0.3 is 9.80 Å². The van der Waals surface area contributed by atoms with Crippen molar-refractivity contribution in [3.05, 3.63) is 65.0 Å². The van der Waals surface area contributed by atoms with Crippen LogP contribution in [0.4, 0.5) is 23.2 Å². The van der Waals surface area contributed by atoms with Gasteiger partial charge in [-0.3, -0.25) is 4.79 Å². The van der Waals surface area contributed by atoms with Crippen molar-refractivity contribution < 1.29 is 22.4 Å². The van der Waals surface area contributed by atoms with E-state index in [0.717, 1.165) is 6.07 Å². The largest absolute Gasteiger partial charge is 0.417 e. The Morgan fingerprint density at radius 2 is 1.72 bits per heavy atom. The Bertz CT molecular complexity index is 950. The Hall–Kier alpha value is -3.08. The van der Waals surface area contributed by atoms with Crippen LogP contribution in [0, 0.1) is 17.1 Å². The number of rotatable bonds is 2. The highest BCUT2D eigenvalue weighted by Crippen LogP contribution is 2.35. The Kier molecular flexibility index (Phi) is 5.51. The average molecular weight is 405 g/mol. The van der Waals surface area contributed by atoms with Gasteiger partial charge >= 0.3 is 6.18 Å². The van der Waals surface area contributed by atoms with Gasteiger partial charge in [0, 0.05) is 36.4 Å². The first kappa shape index (κ1) is 20.6. The molecule has 152 valence electrons. The van der Waals surface area contributed by atoms with Gasteiger partial charge in [0.2, 0.25) is 0 Å². The minimum Gasteiger partial charge on any atom is -0.365 e. The second kappa shape index (κ2) is 7.74. The number of nitrogens with zero attached hydrogens (tertiary/aromatic N) is 3. The first-order valence-corrected chi connectivity index (χ1v) is 9.06. The summed E-state index contributed by atoms with van der Waals surface area (Å²) in [5, 5.41) is 8.97. The van der Waals surface area contributed by atoms with E-state index in [0.29, 0.717) is 24.3 Å². The fourth-order valence-corrected chi connectivity index (χ4v) is 3.57. The minimum absolute atomic E-state index is 0.246. The molecule has 0 aliphatic carbocycles. The predicted octanol–water partition coefficient (Wildman–Crippen LogP) is 4.46. The lowest BCUT2D eigenvalue weighted by Gasteiger charge is -2.45. The second-order valence-electron chi connectivity index (χ2n) is 7.15. The van der Waals surface area contributed by atoms with E-state index in [9.17, 15) is 22.4 Å². The lowest BCUT2D eigenvalue weighted by atomic mass is 10.0. The number of anilines is 1. The maximum absolute atomic E-state index is 13.3. The van der Waals surface area contributed by atoms with E-state index >= 15 is 0 Å². The second-order valence-corrected chi connectivity index (χ2v) is 7.15. The molecule has 1 saturated heterocycles. The van der Waals surface area contributed by atoms with Crippen LogP contribution in [0.15, 0.2) is 42.5 Å². The topological polar surface area (TPSA) is 47.3 Å². The predicted molar refractivity (Wildman–Crippen MR) is 99.9 cm³/mol. The highest BCUT2D eigenvalue weighted by molar-refractivity contribution is 5.94. The molecule has 2 unspecified atom stereocenters. The maximum Gasteiger partial charge on any atom is 0.417 e. The molecule has 2 aromatic carbocycles. The molecule has 3 rings (SSSR count). The number of nitriles is 1. The molecule has 1 heterocycles. The van der Waals surface area contributed by atoms with Crippen molar-refractivity contribution in [1.29, 1.82) is 5.26 Å². The lowest BCUT2D eigenvalue weighted by molar-refractivity contribution is -0.137. The standard InChI is InChI=1S/C21H19F4N3O/c1-13-12-28(20(29)15-3-6-17(22)7-4-15)14(2)11-27(13)18-8-5-16(10-26)19(9-18)21(23,24)25/h3-9,13-14H,11-12H2,1-2H3. The lowest BCUT2D eigenvalue weighted by Crippen LogP contribution is -2.58. The summed E-state index contributed by atoms with van der Waals surface area (Å²) in [5.74, 6) is -0.686. The van der Waals surface area contributed by atoms with Crippen LogP contribution in [-0.4, -0.2) is 36.0 Å². The molecule has 0 radical (unpaired) electrons. The van der Waals surface area contributed by atoms with Gasteiger partial charge in [-0.1, -0.05) is 0 Å². The number of benzene rings is 2. The third kappa shape index (κ3) is 4.19. The highest BCUT2D eigenvalue weighted by Gasteiger charge is 2.36. The molecule has 0 aromatic heterocycles. The molecule has 0 bridgehead atoms. The molecule has 1 aliphatic rings. The molecule has 29 heavy (non-hydrogen) atoms. The number of hydrogen-bond donors (Lipinski definition) is 0. The van der Waals surface area contributed by atoms with Gasteiger partial charge in [0.25, 0.3) is 5.91 Å². The monoisotopic (exact) mass is 405 g/mol. The van der Waals surface area contributed by atoms with Crippen LogP contribution in [0.25, 0.3) is 0 Å². The molecule has 2 atom stereocenters. The zero-order chi connectivity index (χ0) is 21.3. The molecule has 1 aliphatic heterocycles. The van der Waals surface area contributed by atoms with Crippen LogP contribution in [0.3, 0.4) is 0 Å². The molecule has 2 aromatic rings. The summed E-state index contributed by atoms with van der Waals surface area (Å²) in [6, 6.07) is 9.97. The first-order valence-electron chi connectivity index (χ1n) is 9.06. The summed E-state index contributed by atoms with van der Waals surface area (Å²) >= 11 is 0. The van der Waals surface area contributed by atoms with Gasteiger partial charge in [-0.2, -0.15) is 18.4 Å². The van der Waals surface area contributed by atoms with Crippen LogP contribution in [0.5, 0.6) is 0 Å². The Labute approximate surface area is 166 Å². The third-order valence-electron chi connectivity index (χ3n) is 5.10. The van der Waals surface area contributed by atoms with Gasteiger partial charge in [0.05, 0.1) is 17.2 Å². The van der Waals surface area contributed by atoms with Crippen molar-refractivity contribution in [1.82, 2.24) is 4.90 Å². The minimum atomic E-state index is -4.63. The SMILES string of the molecule is CC1CN(c2ccc(C#N)c(C(F)(F)F)c2)C(C)CN1C(=O)c1ccc(F)cc1. The summed E-state index contributed by atoms with van der Waals surface area (Å²) in [4.78, 5) is 16.2. The van der Waals surface area contributed by atoms with Crippen molar-refractivity contribution >= 4 is 11.6 Å². The molecule has 0 saturated carbocycles. The average Bonchev–Trinajstić information content (AvgIpc) is 2.68. The zero-order valence-electron chi connectivity index (χ0n) is 15.9. The van der Waals surface area contributed by atoms with Crippen LogP contribution in [0.2, 0.25) is 0 Å². The van der Waals surface area contributed by atoms with Crippen molar-refractivity contribution in [2.24, 2.45) is 0 Å². The molecule has 1 amide bonds. The molecular weight excluding hydrogens is 386 g/mol. The summed E-state index contributed by atoms with van der Waals surface area (Å²) in [7, 11) is 0. The number of carbonyl (C=O) groups excluding carboxylic acids is 1. The van der Waals surface area contributed by atoms with E-state index < -0.39 is 23.1 Å². The van der Waals surface area contributed by atoms with Gasteiger partial charge in [-0.15, -0.1) is 0 Å². The van der Waals surface area contributed by atoms with Crippen LogP contribution in [0.1, 0.15) is 35.3 Å². The molecular formula is C21H19F4N3O. The van der Waals surface area contributed by atoms with E-state index in [1.54, 1.807) is 15.9 Å². The molecule has 0 spiro atoms. The smallest absolute Gasteiger partial charge is 0.365 e. The van der Waals surface area contributed by atoms with Crippen molar-refractivity contribution in [2.45, 2.75) is 32.1 Å². The Morgan fingerprint density at radius 3 is 2.31 bits per heavy atom. The van der Waals surface area contributed by atoms with Crippen LogP contribution >= 0.6 is 0 Å². The summed E-state index contributed by atoms with van der Waals surface area (Å²) in [6.45, 7) is 4.27. The number of amides is 1. The number of alkyl halides is 3. The molecule has 0 N–H and O–H groups in total. The van der Waals surface area contributed by atoms with E-state index in [1.165, 1.54) is 36.4 Å². The van der Waals surface area contributed by atoms with Crippen molar-refractivity contribution in [3.63, 3.8) is 0 Å². The van der Waals surface area contributed by atoms with Crippen molar-refractivity contribution in [2.75, 3.05) is 18.0 Å². The van der Waals surface area contributed by atoms with E-state index in [-0.39, 0.29) is 18.0 Å². The number of carbonyl (C=O) groups is 1. The Balaban J connectivity index is 1.84. The van der Waals surface area contributed by atoms with E-state index in [4.69, 9.17) is 5.26 Å². The fraction of sp³-hybridized carbons (Fsp3) is 0.333. The highest BCUT2D eigenvalue weighted by atomic mass is 19.4. The van der Waals surface area contributed by atoms with Gasteiger partial charge in [-0.25, -0.2) is 4.39 Å². The number of piperazine rings is 1. The van der Waals surface area contributed by atoms with Crippen LogP contribution in [-0.2, 0) is 6.18 Å². The van der Waals surface area contributed by atoms with Crippen molar-refractivity contribution in [3.8, 4) is 6.07 Å². The van der Waals surface area contributed by atoms with Gasteiger partial charge in [0.1, 0.15) is 5.82 Å². The van der Waals surface area contributed by atoms with Gasteiger partial charge in [0.15, 0.2) is 0 Å². The van der Waals surface area contributed by atoms with Gasteiger partial charge in [-0.05, 0) is 56.3 Å². The van der Waals surface area contributed by atoms with E-state index in [1.807, 2.05) is 13.8 Å². The Morgan fingerprint density at radius 1 is 1.07 bits per heavy atom. The quantitative estimate of drug-likeness (QED) is 0.694. The molecule has 4 nitrogen and oxygen atoms in total. The normalized spacial score (nSPS) is 19.8. The first-order chi connectivity index (χ1) is 13.6. The van der Waals surface area contributed by atoms with Crippen LogP contribution < -0.4 is 4.90 Å².